The molecule has 0 atom stereocenters. The number of hydrogen-bond acceptors (Lipinski definition) is 8. The summed E-state index contributed by atoms with van der Waals surface area (Å²) in [5, 5.41) is 12.6. The van der Waals surface area contributed by atoms with E-state index in [2.05, 4.69) is 5.32 Å². The van der Waals surface area contributed by atoms with Crippen molar-refractivity contribution in [3.63, 3.8) is 0 Å². The van der Waals surface area contributed by atoms with Crippen molar-refractivity contribution in [2.24, 2.45) is 0 Å². The Hall–Kier alpha value is -2.40. The fraction of sp³-hybridized carbons (Fsp3) is 0.286. The van der Waals surface area contributed by atoms with E-state index in [4.69, 9.17) is 24.1 Å². The largest absolute Gasteiger partial charge is 1.00 e. The summed E-state index contributed by atoms with van der Waals surface area (Å²) in [6, 6.07) is 7.97. The molecule has 2 aromatic carbocycles. The van der Waals surface area contributed by atoms with Gasteiger partial charge in [-0.25, -0.2) is 8.42 Å². The Bertz CT molecular complexity index is 1050. The topological polar surface area (TPSA) is 120 Å². The van der Waals surface area contributed by atoms with Crippen LogP contribution in [0, 0.1) is 0 Å². The second-order valence-electron chi connectivity index (χ2n) is 6.34. The monoisotopic (exact) mass is 475 g/mol. The number of anilines is 1. The summed E-state index contributed by atoms with van der Waals surface area (Å²) in [5.41, 5.74) is 1.31. The molecule has 2 aromatic rings. The average Bonchev–Trinajstić information content (AvgIpc) is 2.75. The number of aliphatic carboxylic acids is 1. The summed E-state index contributed by atoms with van der Waals surface area (Å²) in [6.07, 6.45) is 1.40. The molecule has 0 amide bonds. The van der Waals surface area contributed by atoms with Gasteiger partial charge in [0.15, 0.2) is 9.84 Å². The van der Waals surface area contributed by atoms with Gasteiger partial charge in [0.25, 0.3) is 0 Å². The van der Waals surface area contributed by atoms with Crippen LogP contribution >= 0.6 is 0 Å². The zero-order valence-electron chi connectivity index (χ0n) is 19.7. The smallest absolute Gasteiger partial charge is 1.00 e. The molecule has 0 aliphatic carbocycles. The zero-order chi connectivity index (χ0) is 23.0. The third-order valence-electron chi connectivity index (χ3n) is 4.26. The number of hydrogen-bond donors (Lipinski definition) is 2. The predicted octanol–water partition coefficient (Wildman–Crippen LogP) is -0.0803. The number of benzene rings is 2. The van der Waals surface area contributed by atoms with Crippen molar-refractivity contribution in [1.29, 1.82) is 0 Å². The van der Waals surface area contributed by atoms with Crippen LogP contribution < -0.4 is 53.8 Å². The number of nitrogens with one attached hydrogen (secondary N) is 1. The van der Waals surface area contributed by atoms with Gasteiger partial charge in [0.2, 0.25) is 0 Å². The maximum absolute atomic E-state index is 12.7. The fourth-order valence-corrected chi connectivity index (χ4v) is 3.89. The van der Waals surface area contributed by atoms with Crippen molar-refractivity contribution in [2.75, 3.05) is 40.3 Å². The van der Waals surface area contributed by atoms with Crippen molar-refractivity contribution in [1.82, 2.24) is 0 Å². The van der Waals surface area contributed by atoms with E-state index in [-0.39, 0.29) is 43.3 Å². The van der Waals surface area contributed by atoms with E-state index in [1.54, 1.807) is 30.3 Å². The third-order valence-corrected chi connectivity index (χ3v) is 5.54. The second kappa shape index (κ2) is 12.6. The molecule has 32 heavy (non-hydrogen) atoms. The molecule has 0 aliphatic heterocycles. The van der Waals surface area contributed by atoms with Gasteiger partial charge in [0, 0.05) is 17.5 Å². The molecular formula is C21H26NNaO8S. The third kappa shape index (κ3) is 7.63. The Morgan fingerprint density at radius 2 is 1.59 bits per heavy atom. The van der Waals surface area contributed by atoms with Gasteiger partial charge >= 0.3 is 35.5 Å². The SMILES string of the molecule is COc1cc(OC)c(/C=C/S(=O)(=O)Cc2ccc(OC)c(NCC(=O)O)c2)c(OC)c1.[H-].[Na+]. The van der Waals surface area contributed by atoms with E-state index in [1.807, 2.05) is 0 Å². The molecule has 0 saturated heterocycles. The van der Waals surface area contributed by atoms with Gasteiger partial charge in [0.05, 0.1) is 45.4 Å². The maximum Gasteiger partial charge on any atom is 1.00 e. The number of rotatable bonds is 11. The van der Waals surface area contributed by atoms with E-state index in [9.17, 15) is 13.2 Å². The molecular weight excluding hydrogens is 449 g/mol. The quantitative estimate of drug-likeness (QED) is 0.430. The fourth-order valence-electron chi connectivity index (χ4n) is 2.80. The summed E-state index contributed by atoms with van der Waals surface area (Å²) in [6.45, 7) is -0.330. The first-order valence-electron chi connectivity index (χ1n) is 9.06. The maximum atomic E-state index is 12.7. The number of carboxylic acids is 1. The van der Waals surface area contributed by atoms with Crippen LogP contribution in [0.5, 0.6) is 23.0 Å². The van der Waals surface area contributed by atoms with Crippen molar-refractivity contribution >= 4 is 27.6 Å². The van der Waals surface area contributed by atoms with Crippen LogP contribution in [0.2, 0.25) is 0 Å². The Morgan fingerprint density at radius 3 is 2.09 bits per heavy atom. The van der Waals surface area contributed by atoms with Gasteiger partial charge < -0.3 is 30.8 Å². The number of methoxy groups -OCH3 is 4. The standard InChI is InChI=1S/C21H25NO8S.Na.H/c1-27-15-10-19(29-3)16(20(11-15)30-4)7-8-31(25,26)13-14-5-6-18(28-2)17(9-14)22-12-21(23)24;;/h5-11,22H,12-13H2,1-4H3,(H,23,24);;/q;+1;-1/b8-7+;;. The molecule has 170 valence electrons. The molecule has 0 aliphatic rings. The number of ether oxygens (including phenoxy) is 4. The van der Waals surface area contributed by atoms with Crippen LogP contribution in [-0.2, 0) is 20.4 Å². The van der Waals surface area contributed by atoms with Crippen molar-refractivity contribution in [3.8, 4) is 23.0 Å². The van der Waals surface area contributed by atoms with Crippen LogP contribution in [0.1, 0.15) is 12.6 Å². The minimum absolute atomic E-state index is 0. The van der Waals surface area contributed by atoms with Gasteiger partial charge in [0.1, 0.15) is 29.5 Å². The van der Waals surface area contributed by atoms with Crippen LogP contribution in [0.3, 0.4) is 0 Å². The first-order valence-corrected chi connectivity index (χ1v) is 10.8. The van der Waals surface area contributed by atoms with Gasteiger partial charge in [-0.3, -0.25) is 4.79 Å². The normalized spacial score (nSPS) is 10.9. The first kappa shape index (κ1) is 27.6. The average molecular weight is 475 g/mol. The Morgan fingerprint density at radius 1 is 1.00 bits per heavy atom. The number of sulfone groups is 1. The minimum Gasteiger partial charge on any atom is -1.00 e. The molecule has 0 bridgehead atoms. The van der Waals surface area contributed by atoms with Crippen molar-refractivity contribution < 1.29 is 68.3 Å². The summed E-state index contributed by atoms with van der Waals surface area (Å²) in [5.74, 6) is 0.361. The molecule has 0 spiro atoms. The van der Waals surface area contributed by atoms with Gasteiger partial charge in [-0.2, -0.15) is 0 Å². The predicted molar refractivity (Wildman–Crippen MR) is 118 cm³/mol. The van der Waals surface area contributed by atoms with Crippen molar-refractivity contribution in [3.05, 3.63) is 46.9 Å². The van der Waals surface area contributed by atoms with E-state index in [0.29, 0.717) is 39.8 Å². The van der Waals surface area contributed by atoms with Crippen molar-refractivity contribution in [2.45, 2.75) is 5.75 Å². The molecule has 2 rings (SSSR count). The number of carbonyl (C=O) groups is 1. The van der Waals surface area contributed by atoms with Crippen LogP contribution in [0.4, 0.5) is 5.69 Å². The van der Waals surface area contributed by atoms with Crippen LogP contribution in [-0.4, -0.2) is 54.5 Å². The van der Waals surface area contributed by atoms with Gasteiger partial charge in [-0.15, -0.1) is 0 Å². The Balaban J connectivity index is 0.00000512. The van der Waals surface area contributed by atoms with E-state index < -0.39 is 15.8 Å². The van der Waals surface area contributed by atoms with Crippen LogP contribution in [0.25, 0.3) is 6.08 Å². The second-order valence-corrected chi connectivity index (χ2v) is 8.22. The molecule has 9 nitrogen and oxygen atoms in total. The summed E-state index contributed by atoms with van der Waals surface area (Å²) in [4.78, 5) is 10.8. The molecule has 0 aromatic heterocycles. The van der Waals surface area contributed by atoms with Gasteiger partial charge in [-0.1, -0.05) is 6.07 Å². The zero-order valence-corrected chi connectivity index (χ0v) is 21.5. The minimum atomic E-state index is -3.67. The summed E-state index contributed by atoms with van der Waals surface area (Å²) >= 11 is 0. The van der Waals surface area contributed by atoms with Crippen LogP contribution in [0.15, 0.2) is 35.7 Å². The Kier molecular flexibility index (Phi) is 10.9. The number of carboxylic acid groups (broad SMARTS) is 1. The molecule has 0 unspecified atom stereocenters. The first-order chi connectivity index (χ1) is 14.7. The van der Waals surface area contributed by atoms with E-state index >= 15 is 0 Å². The summed E-state index contributed by atoms with van der Waals surface area (Å²) in [7, 11) is 2.19. The summed E-state index contributed by atoms with van der Waals surface area (Å²) < 4.78 is 46.4. The molecule has 11 heteroatoms. The molecule has 0 saturated carbocycles. The molecule has 0 fully saturated rings. The molecule has 2 N–H and O–H groups in total. The molecule has 0 heterocycles. The van der Waals surface area contributed by atoms with E-state index in [1.165, 1.54) is 34.5 Å². The van der Waals surface area contributed by atoms with E-state index in [0.717, 1.165) is 5.41 Å². The van der Waals surface area contributed by atoms with Gasteiger partial charge in [-0.05, 0) is 23.8 Å². The Labute approximate surface area is 211 Å². The molecule has 0 radical (unpaired) electrons.